The summed E-state index contributed by atoms with van der Waals surface area (Å²) in [5, 5.41) is 6.42. The highest BCUT2D eigenvalue weighted by atomic mass is 35.5. The third-order valence-electron chi connectivity index (χ3n) is 8.14. The first kappa shape index (κ1) is 27.7. The molecule has 0 saturated carbocycles. The van der Waals surface area contributed by atoms with Gasteiger partial charge >= 0.3 is 6.03 Å². The number of benzene rings is 3. The lowest BCUT2D eigenvalue weighted by Crippen LogP contribution is -2.58. The second-order valence-electron chi connectivity index (χ2n) is 10.8. The van der Waals surface area contributed by atoms with Gasteiger partial charge in [-0.15, -0.1) is 0 Å². The summed E-state index contributed by atoms with van der Waals surface area (Å²) in [5.74, 6) is 0.983. The fourth-order valence-electron chi connectivity index (χ4n) is 5.76. The third kappa shape index (κ3) is 5.42. The number of nitrogens with zero attached hydrogens (tertiary/aromatic N) is 3. The van der Waals surface area contributed by atoms with E-state index in [1.54, 1.807) is 15.9 Å². The molecule has 0 unspecified atom stereocenters. The average Bonchev–Trinajstić information content (AvgIpc) is 3.57. The number of piperidine rings is 1. The van der Waals surface area contributed by atoms with E-state index < -0.39 is 5.54 Å². The Morgan fingerprint density at radius 2 is 1.74 bits per heavy atom. The predicted molar refractivity (Wildman–Crippen MR) is 159 cm³/mol. The zero-order chi connectivity index (χ0) is 29.3. The number of para-hydroxylation sites is 1. The second-order valence-corrected chi connectivity index (χ2v) is 11.2. The van der Waals surface area contributed by atoms with Crippen LogP contribution in [0.4, 0.5) is 16.2 Å². The minimum absolute atomic E-state index is 0.0626. The lowest BCUT2D eigenvalue weighted by Gasteiger charge is -2.43. The van der Waals surface area contributed by atoms with Crippen molar-refractivity contribution in [2.45, 2.75) is 31.8 Å². The van der Waals surface area contributed by atoms with Gasteiger partial charge in [-0.1, -0.05) is 41.9 Å². The highest BCUT2D eigenvalue weighted by Crippen LogP contribution is 2.39. The molecule has 218 valence electrons. The second kappa shape index (κ2) is 11.4. The molecule has 0 aromatic heterocycles. The van der Waals surface area contributed by atoms with Gasteiger partial charge in [-0.3, -0.25) is 9.59 Å². The molecular weight excluding hydrogens is 558 g/mol. The van der Waals surface area contributed by atoms with Crippen molar-refractivity contribution < 1.29 is 23.9 Å². The Bertz CT molecular complexity index is 1510. The van der Waals surface area contributed by atoms with Crippen LogP contribution in [-0.4, -0.2) is 66.3 Å². The van der Waals surface area contributed by atoms with E-state index in [2.05, 4.69) is 15.5 Å². The van der Waals surface area contributed by atoms with Gasteiger partial charge in [-0.25, -0.2) is 4.79 Å². The van der Waals surface area contributed by atoms with Gasteiger partial charge in [0.1, 0.15) is 12.1 Å². The van der Waals surface area contributed by atoms with Crippen molar-refractivity contribution >= 4 is 40.8 Å². The van der Waals surface area contributed by atoms with E-state index in [-0.39, 0.29) is 37.9 Å². The molecule has 10 nitrogen and oxygen atoms in total. The third-order valence-corrected chi connectivity index (χ3v) is 8.55. The van der Waals surface area contributed by atoms with Gasteiger partial charge in [0.2, 0.25) is 12.7 Å². The van der Waals surface area contributed by atoms with Crippen LogP contribution in [-0.2, 0) is 16.1 Å². The Hall–Kier alpha value is -4.44. The molecule has 6 rings (SSSR count). The zero-order valence-electron chi connectivity index (χ0n) is 23.3. The molecule has 11 heteroatoms. The number of ether oxygens (including phenoxy) is 2. The van der Waals surface area contributed by atoms with E-state index in [0.29, 0.717) is 54.7 Å². The van der Waals surface area contributed by atoms with Crippen LogP contribution < -0.4 is 25.0 Å². The maximum Gasteiger partial charge on any atom is 0.321 e. The Labute approximate surface area is 249 Å². The van der Waals surface area contributed by atoms with E-state index in [0.717, 1.165) is 16.8 Å². The summed E-state index contributed by atoms with van der Waals surface area (Å²) in [4.78, 5) is 45.4. The Morgan fingerprint density at radius 1 is 0.976 bits per heavy atom. The number of carbonyl (C=O) groups excluding carboxylic acids is 3. The number of hydrogen-bond acceptors (Lipinski definition) is 6. The number of aryl methyl sites for hydroxylation is 1. The quantitative estimate of drug-likeness (QED) is 0.443. The molecular formula is C31H32ClN5O5. The summed E-state index contributed by atoms with van der Waals surface area (Å²) >= 11 is 6.23. The van der Waals surface area contributed by atoms with Crippen LogP contribution in [0.15, 0.2) is 66.7 Å². The first-order valence-corrected chi connectivity index (χ1v) is 14.3. The number of urea groups is 1. The molecule has 3 heterocycles. The lowest BCUT2D eigenvalue weighted by molar-refractivity contribution is -0.137. The van der Waals surface area contributed by atoms with Crippen molar-refractivity contribution in [3.05, 3.63) is 82.9 Å². The van der Waals surface area contributed by atoms with Crippen molar-refractivity contribution in [3.63, 3.8) is 0 Å². The van der Waals surface area contributed by atoms with Crippen molar-refractivity contribution in [2.75, 3.05) is 43.3 Å². The van der Waals surface area contributed by atoms with Crippen molar-refractivity contribution in [2.24, 2.45) is 0 Å². The van der Waals surface area contributed by atoms with Gasteiger partial charge in [0, 0.05) is 36.0 Å². The summed E-state index contributed by atoms with van der Waals surface area (Å²) in [6.45, 7) is 3.41. The van der Waals surface area contributed by atoms with Crippen LogP contribution in [0, 0.1) is 6.92 Å². The Kier molecular flexibility index (Phi) is 7.55. The van der Waals surface area contributed by atoms with Crippen LogP contribution in [0.3, 0.4) is 0 Å². The number of fused-ring (bicyclic) bond motifs is 1. The maximum absolute atomic E-state index is 14.0. The van der Waals surface area contributed by atoms with Crippen LogP contribution >= 0.6 is 11.6 Å². The number of carbonyl (C=O) groups is 3. The largest absolute Gasteiger partial charge is 0.454 e. The molecule has 2 fully saturated rings. The molecule has 3 aliphatic rings. The number of amides is 4. The predicted octanol–water partition coefficient (Wildman–Crippen LogP) is 4.37. The molecule has 3 aromatic carbocycles. The first-order valence-electron chi connectivity index (χ1n) is 13.9. The van der Waals surface area contributed by atoms with Crippen molar-refractivity contribution in [1.29, 1.82) is 0 Å². The maximum atomic E-state index is 14.0. The summed E-state index contributed by atoms with van der Waals surface area (Å²) in [6, 6.07) is 20.4. The van der Waals surface area contributed by atoms with Gasteiger partial charge in [0.15, 0.2) is 11.5 Å². The molecule has 0 aliphatic carbocycles. The van der Waals surface area contributed by atoms with Gasteiger partial charge in [0.05, 0.1) is 6.67 Å². The summed E-state index contributed by atoms with van der Waals surface area (Å²) in [6.07, 6.45) is 0.885. The average molecular weight is 590 g/mol. The van der Waals surface area contributed by atoms with E-state index in [1.165, 1.54) is 0 Å². The zero-order valence-corrected chi connectivity index (χ0v) is 24.0. The first-order chi connectivity index (χ1) is 20.3. The summed E-state index contributed by atoms with van der Waals surface area (Å²) in [5.41, 5.74) is 2.49. The fraction of sp³-hybridized carbons (Fsp3) is 0.323. The smallest absolute Gasteiger partial charge is 0.321 e. The van der Waals surface area contributed by atoms with Crippen molar-refractivity contribution in [1.82, 2.24) is 15.1 Å². The normalized spacial score (nSPS) is 17.1. The number of halogens is 1. The molecule has 42 heavy (non-hydrogen) atoms. The Balaban J connectivity index is 1.12. The number of rotatable bonds is 6. The molecule has 0 radical (unpaired) electrons. The molecule has 0 atom stereocenters. The van der Waals surface area contributed by atoms with Crippen LogP contribution in [0.2, 0.25) is 5.02 Å². The summed E-state index contributed by atoms with van der Waals surface area (Å²) in [7, 11) is 0. The van der Waals surface area contributed by atoms with Crippen molar-refractivity contribution in [3.8, 4) is 11.5 Å². The lowest BCUT2D eigenvalue weighted by atomic mass is 9.85. The number of hydrogen-bond donors (Lipinski definition) is 2. The molecule has 3 aliphatic heterocycles. The minimum Gasteiger partial charge on any atom is -0.454 e. The van der Waals surface area contributed by atoms with E-state index in [4.69, 9.17) is 21.1 Å². The van der Waals surface area contributed by atoms with E-state index >= 15 is 0 Å². The minimum atomic E-state index is -0.844. The molecule has 0 bridgehead atoms. The van der Waals surface area contributed by atoms with Gasteiger partial charge in [-0.05, 0) is 67.3 Å². The number of nitrogens with one attached hydrogen (secondary N) is 2. The Morgan fingerprint density at radius 3 is 2.50 bits per heavy atom. The van der Waals surface area contributed by atoms with E-state index in [1.807, 2.05) is 67.6 Å². The highest BCUT2D eigenvalue weighted by Gasteiger charge is 2.54. The van der Waals surface area contributed by atoms with Gasteiger partial charge in [-0.2, -0.15) is 0 Å². The van der Waals surface area contributed by atoms with Crippen LogP contribution in [0.1, 0.15) is 24.0 Å². The number of likely N-dealkylation sites (tertiary alicyclic amines) is 1. The molecule has 2 N–H and O–H groups in total. The molecule has 2 saturated heterocycles. The number of anilines is 2. The van der Waals surface area contributed by atoms with E-state index in [9.17, 15) is 14.4 Å². The fourth-order valence-corrected chi connectivity index (χ4v) is 5.94. The van der Waals surface area contributed by atoms with Crippen LogP contribution in [0.25, 0.3) is 0 Å². The standard InChI is InChI=1S/C31H32ClN5O5/c1-21-7-9-23(16-25(21)32)34-30(40)35-13-11-31(12-14-35)29(39)36(19-37(31)24-5-3-2-4-6-24)18-28(38)33-17-22-8-10-26-27(15-22)42-20-41-26/h2-10,15-16H,11-14,17-20H2,1H3,(H,33,38)(H,34,40). The van der Waals surface area contributed by atoms with Gasteiger partial charge in [0.25, 0.3) is 5.91 Å². The molecule has 4 amide bonds. The van der Waals surface area contributed by atoms with Gasteiger partial charge < -0.3 is 34.8 Å². The highest BCUT2D eigenvalue weighted by molar-refractivity contribution is 6.31. The SMILES string of the molecule is Cc1ccc(NC(=O)N2CCC3(CC2)C(=O)N(CC(=O)NCc2ccc4c(c2)OCO4)CN3c2ccccc2)cc1Cl. The summed E-state index contributed by atoms with van der Waals surface area (Å²) < 4.78 is 10.8. The molecule has 1 spiro atoms. The monoisotopic (exact) mass is 589 g/mol. The topological polar surface area (TPSA) is 103 Å². The molecule has 3 aromatic rings. The van der Waals surface area contributed by atoms with Crippen LogP contribution in [0.5, 0.6) is 11.5 Å².